The van der Waals surface area contributed by atoms with Gasteiger partial charge < -0.3 is 21.1 Å². The molecule has 0 aliphatic carbocycles. The Morgan fingerprint density at radius 2 is 1.90 bits per heavy atom. The Bertz CT molecular complexity index is 665. The van der Waals surface area contributed by atoms with Gasteiger partial charge in [-0.2, -0.15) is 0 Å². The molecule has 0 unspecified atom stereocenters. The molecule has 0 aromatic heterocycles. The molecule has 0 bridgehead atoms. The van der Waals surface area contributed by atoms with Crippen LogP contribution in [0.1, 0.15) is 50.5 Å². The highest BCUT2D eigenvalue weighted by atomic mass is 16.4. The molecular formula is C22H33N3O4. The largest absolute Gasteiger partial charge is 0.481 e. The van der Waals surface area contributed by atoms with Crippen molar-refractivity contribution >= 4 is 17.8 Å². The van der Waals surface area contributed by atoms with Gasteiger partial charge in [-0.25, -0.2) is 0 Å². The van der Waals surface area contributed by atoms with Crippen molar-refractivity contribution in [2.24, 2.45) is 11.7 Å². The fourth-order valence-corrected chi connectivity index (χ4v) is 3.86. The van der Waals surface area contributed by atoms with E-state index in [1.165, 1.54) is 5.56 Å². The predicted molar refractivity (Wildman–Crippen MR) is 111 cm³/mol. The Hall–Kier alpha value is -2.41. The van der Waals surface area contributed by atoms with Crippen LogP contribution in [-0.4, -0.2) is 53.5 Å². The summed E-state index contributed by atoms with van der Waals surface area (Å²) in [6.07, 6.45) is 5.08. The van der Waals surface area contributed by atoms with Gasteiger partial charge in [-0.1, -0.05) is 36.8 Å². The second kappa shape index (κ2) is 12.2. The second-order valence-electron chi connectivity index (χ2n) is 7.71. The van der Waals surface area contributed by atoms with Crippen LogP contribution in [0.4, 0.5) is 0 Å². The van der Waals surface area contributed by atoms with E-state index in [2.05, 4.69) is 17.4 Å². The summed E-state index contributed by atoms with van der Waals surface area (Å²) in [5.74, 6) is -1.60. The molecule has 7 nitrogen and oxygen atoms in total. The van der Waals surface area contributed by atoms with E-state index in [1.54, 1.807) is 4.90 Å². The van der Waals surface area contributed by atoms with Gasteiger partial charge in [0.1, 0.15) is 0 Å². The summed E-state index contributed by atoms with van der Waals surface area (Å²) in [5.41, 5.74) is 6.67. The highest BCUT2D eigenvalue weighted by Gasteiger charge is 2.39. The van der Waals surface area contributed by atoms with Crippen LogP contribution in [0.25, 0.3) is 0 Å². The fraction of sp³-hybridized carbons (Fsp3) is 0.591. The average molecular weight is 404 g/mol. The number of aryl methyl sites for hydroxylation is 1. The predicted octanol–water partition coefficient (Wildman–Crippen LogP) is 1.95. The maximum absolute atomic E-state index is 12.7. The molecule has 160 valence electrons. The molecule has 0 radical (unpaired) electrons. The summed E-state index contributed by atoms with van der Waals surface area (Å²) in [6, 6.07) is 9.92. The monoisotopic (exact) mass is 403 g/mol. The molecule has 1 heterocycles. The first-order chi connectivity index (χ1) is 14.0. The normalized spacial score (nSPS) is 18.8. The molecule has 1 aromatic carbocycles. The van der Waals surface area contributed by atoms with E-state index >= 15 is 0 Å². The molecule has 1 fully saturated rings. The number of carbonyl (C=O) groups is 3. The van der Waals surface area contributed by atoms with Gasteiger partial charge in [-0.3, -0.25) is 14.4 Å². The molecule has 0 spiro atoms. The summed E-state index contributed by atoms with van der Waals surface area (Å²) in [4.78, 5) is 37.7. The molecular weight excluding hydrogens is 370 g/mol. The lowest BCUT2D eigenvalue weighted by molar-refractivity contribution is -0.142. The van der Waals surface area contributed by atoms with Crippen LogP contribution in [0, 0.1) is 5.92 Å². The van der Waals surface area contributed by atoms with Crippen molar-refractivity contribution in [3.8, 4) is 0 Å². The zero-order valence-electron chi connectivity index (χ0n) is 17.0. The molecule has 29 heavy (non-hydrogen) atoms. The molecule has 1 saturated heterocycles. The number of nitrogens with two attached hydrogens (primary N) is 1. The van der Waals surface area contributed by atoms with Crippen molar-refractivity contribution < 1.29 is 19.5 Å². The third-order valence-corrected chi connectivity index (χ3v) is 5.40. The van der Waals surface area contributed by atoms with Crippen molar-refractivity contribution in [3.05, 3.63) is 35.9 Å². The summed E-state index contributed by atoms with van der Waals surface area (Å²) in [5, 5.41) is 12.0. The van der Waals surface area contributed by atoms with Crippen LogP contribution >= 0.6 is 0 Å². The number of unbranched alkanes of at least 4 members (excludes halogenated alkanes) is 2. The van der Waals surface area contributed by atoms with Gasteiger partial charge in [-0.15, -0.1) is 0 Å². The Morgan fingerprint density at radius 1 is 1.14 bits per heavy atom. The third kappa shape index (κ3) is 7.85. The van der Waals surface area contributed by atoms with Crippen molar-refractivity contribution in [1.82, 2.24) is 10.2 Å². The maximum Gasteiger partial charge on any atom is 0.304 e. The number of nitrogens with zero attached hydrogens (tertiary/aromatic N) is 1. The number of likely N-dealkylation sites (tertiary alicyclic amines) is 1. The van der Waals surface area contributed by atoms with Crippen LogP contribution in [0.5, 0.6) is 0 Å². The van der Waals surface area contributed by atoms with E-state index in [9.17, 15) is 14.4 Å². The van der Waals surface area contributed by atoms with Crippen LogP contribution < -0.4 is 11.1 Å². The first-order valence-electron chi connectivity index (χ1n) is 10.5. The number of carboxylic acid groups (broad SMARTS) is 1. The smallest absolute Gasteiger partial charge is 0.304 e. The highest BCUT2D eigenvalue weighted by molar-refractivity contribution is 5.85. The van der Waals surface area contributed by atoms with E-state index in [0.717, 1.165) is 32.1 Å². The molecule has 7 heteroatoms. The molecule has 2 rings (SSSR count). The highest BCUT2D eigenvalue weighted by Crippen LogP contribution is 2.27. The minimum atomic E-state index is -0.961. The third-order valence-electron chi connectivity index (χ3n) is 5.40. The molecule has 2 amide bonds. The van der Waals surface area contributed by atoms with Crippen molar-refractivity contribution in [2.75, 3.05) is 19.6 Å². The average Bonchev–Trinajstić information content (AvgIpc) is 2.99. The Balaban J connectivity index is 1.86. The Labute approximate surface area is 172 Å². The lowest BCUT2D eigenvalue weighted by Crippen LogP contribution is -2.42. The van der Waals surface area contributed by atoms with Gasteiger partial charge in [-0.05, 0) is 44.2 Å². The number of amides is 2. The van der Waals surface area contributed by atoms with Crippen LogP contribution in [0.2, 0.25) is 0 Å². The molecule has 2 atom stereocenters. The molecule has 1 aliphatic heterocycles. The number of nitrogens with one attached hydrogen (secondary N) is 1. The van der Waals surface area contributed by atoms with Gasteiger partial charge in [0.2, 0.25) is 11.8 Å². The molecule has 0 saturated carbocycles. The number of carboxylic acids is 1. The first-order valence-corrected chi connectivity index (χ1v) is 10.5. The topological polar surface area (TPSA) is 113 Å². The van der Waals surface area contributed by atoms with Crippen molar-refractivity contribution in [3.63, 3.8) is 0 Å². The Morgan fingerprint density at radius 3 is 2.59 bits per heavy atom. The quantitative estimate of drug-likeness (QED) is 0.436. The number of aliphatic carboxylic acids is 1. The van der Waals surface area contributed by atoms with E-state index in [-0.39, 0.29) is 24.3 Å². The number of hydrogen-bond donors (Lipinski definition) is 3. The summed E-state index contributed by atoms with van der Waals surface area (Å²) >= 11 is 0. The van der Waals surface area contributed by atoms with Crippen molar-refractivity contribution in [2.45, 2.75) is 57.4 Å². The number of benzene rings is 1. The minimum absolute atomic E-state index is 0.0274. The maximum atomic E-state index is 12.7. The molecule has 1 aliphatic rings. The second-order valence-corrected chi connectivity index (χ2v) is 7.71. The van der Waals surface area contributed by atoms with Gasteiger partial charge in [0.25, 0.3) is 0 Å². The molecule has 1 aromatic rings. The van der Waals surface area contributed by atoms with Gasteiger partial charge in [0.05, 0.1) is 12.3 Å². The Kier molecular flexibility index (Phi) is 9.64. The summed E-state index contributed by atoms with van der Waals surface area (Å²) in [6.45, 7) is 1.58. The number of carbonyl (C=O) groups excluding carboxylic acids is 2. The van der Waals surface area contributed by atoms with Gasteiger partial charge in [0, 0.05) is 25.6 Å². The fourth-order valence-electron chi connectivity index (χ4n) is 3.86. The van der Waals surface area contributed by atoms with Crippen LogP contribution in [0.3, 0.4) is 0 Å². The van der Waals surface area contributed by atoms with E-state index < -0.39 is 11.9 Å². The zero-order chi connectivity index (χ0) is 21.1. The summed E-state index contributed by atoms with van der Waals surface area (Å²) in [7, 11) is 0. The zero-order valence-corrected chi connectivity index (χ0v) is 17.0. The number of rotatable bonds is 13. The van der Waals surface area contributed by atoms with E-state index in [4.69, 9.17) is 10.8 Å². The van der Waals surface area contributed by atoms with Crippen LogP contribution in [0.15, 0.2) is 30.3 Å². The number of hydrogen-bond acceptors (Lipinski definition) is 4. The lowest BCUT2D eigenvalue weighted by Gasteiger charge is -2.25. The van der Waals surface area contributed by atoms with Crippen molar-refractivity contribution in [1.29, 1.82) is 0 Å². The SMILES string of the molecule is NCCCCCC(=O)NC[C@@H]1C[C@@H](CC(=O)O)C(=O)N1CCCc1ccccc1. The first kappa shape index (κ1) is 22.9. The van der Waals surface area contributed by atoms with E-state index in [1.807, 2.05) is 18.2 Å². The summed E-state index contributed by atoms with van der Waals surface area (Å²) < 4.78 is 0. The standard InChI is InChI=1S/C22H33N3O4/c23-12-6-2-5-11-20(26)24-16-19-14-18(15-21(27)28)22(29)25(19)13-7-10-17-8-3-1-4-9-17/h1,3-4,8-9,18-19H,2,5-7,10-16,23H2,(H,24,26)(H,27,28)/t18-,19-/m0/s1. The van der Waals surface area contributed by atoms with Gasteiger partial charge >= 0.3 is 5.97 Å². The van der Waals surface area contributed by atoms with Crippen LogP contribution in [-0.2, 0) is 20.8 Å². The molecule has 4 N–H and O–H groups in total. The lowest BCUT2D eigenvalue weighted by atomic mass is 10.0. The van der Waals surface area contributed by atoms with Gasteiger partial charge in [0.15, 0.2) is 0 Å². The van der Waals surface area contributed by atoms with E-state index in [0.29, 0.717) is 32.5 Å². The minimum Gasteiger partial charge on any atom is -0.481 e.